The summed E-state index contributed by atoms with van der Waals surface area (Å²) in [7, 11) is 1.71. The van der Waals surface area contributed by atoms with Crippen LogP contribution in [-0.2, 0) is 26.0 Å². The number of fused-ring (bicyclic) bond motifs is 1. The molecule has 0 radical (unpaired) electrons. The van der Waals surface area contributed by atoms with Crippen LogP contribution in [0.5, 0.6) is 5.75 Å². The number of rotatable bonds is 3. The first-order chi connectivity index (χ1) is 9.58. The highest BCUT2D eigenvalue weighted by Crippen LogP contribution is 2.36. The van der Waals surface area contributed by atoms with Gasteiger partial charge in [-0.15, -0.1) is 0 Å². The first-order valence-electron chi connectivity index (χ1n) is 6.75. The molecular weight excluding hydrogens is 262 g/mol. The predicted molar refractivity (Wildman–Crippen MR) is 70.8 cm³/mol. The van der Waals surface area contributed by atoms with E-state index >= 15 is 0 Å². The van der Waals surface area contributed by atoms with Crippen LogP contribution in [0.3, 0.4) is 0 Å². The van der Waals surface area contributed by atoms with Crippen molar-refractivity contribution in [2.24, 2.45) is 7.05 Å². The van der Waals surface area contributed by atoms with Crippen LogP contribution in [0.25, 0.3) is 0 Å². The lowest BCUT2D eigenvalue weighted by Gasteiger charge is -2.19. The number of halogens is 2. The fraction of sp³-hybridized carbons (Fsp3) is 0.400. The molecule has 0 saturated carbocycles. The van der Waals surface area contributed by atoms with Gasteiger partial charge in [0.2, 0.25) is 0 Å². The van der Waals surface area contributed by atoms with Crippen molar-refractivity contribution in [1.82, 2.24) is 9.78 Å². The Bertz CT molecular complexity index is 608. The van der Waals surface area contributed by atoms with Crippen molar-refractivity contribution in [2.45, 2.75) is 31.8 Å². The average molecular weight is 278 g/mol. The number of aryl methyl sites for hydroxylation is 1. The zero-order valence-corrected chi connectivity index (χ0v) is 11.3. The van der Waals surface area contributed by atoms with E-state index < -0.39 is 6.11 Å². The average Bonchev–Trinajstić information content (AvgIpc) is 2.78. The van der Waals surface area contributed by atoms with Crippen LogP contribution in [-0.4, -0.2) is 9.78 Å². The topological polar surface area (TPSA) is 27.1 Å². The van der Waals surface area contributed by atoms with E-state index in [0.29, 0.717) is 12.0 Å². The molecule has 1 aliphatic carbocycles. The van der Waals surface area contributed by atoms with Gasteiger partial charge in [-0.2, -0.15) is 13.9 Å². The maximum absolute atomic E-state index is 14.3. The Kier molecular flexibility index (Phi) is 3.20. The van der Waals surface area contributed by atoms with E-state index in [-0.39, 0.29) is 11.4 Å². The minimum Gasteiger partial charge on any atom is -0.428 e. The van der Waals surface area contributed by atoms with Gasteiger partial charge in [-0.25, -0.2) is 0 Å². The number of alkyl halides is 2. The van der Waals surface area contributed by atoms with Crippen LogP contribution in [0.4, 0.5) is 8.78 Å². The lowest BCUT2D eigenvalue weighted by molar-refractivity contribution is -0.189. The van der Waals surface area contributed by atoms with Crippen molar-refractivity contribution < 1.29 is 13.5 Å². The number of hydrogen-bond donors (Lipinski definition) is 0. The summed E-state index contributed by atoms with van der Waals surface area (Å²) in [5.74, 6) is 0.146. The van der Waals surface area contributed by atoms with E-state index in [1.165, 1.54) is 12.1 Å². The van der Waals surface area contributed by atoms with Crippen molar-refractivity contribution in [3.05, 3.63) is 47.3 Å². The van der Waals surface area contributed by atoms with Gasteiger partial charge in [0.1, 0.15) is 5.75 Å². The molecule has 0 fully saturated rings. The molecule has 0 spiro atoms. The second-order valence-electron chi connectivity index (χ2n) is 5.04. The lowest BCUT2D eigenvalue weighted by Crippen LogP contribution is -2.24. The first-order valence-corrected chi connectivity index (χ1v) is 6.75. The molecule has 5 heteroatoms. The smallest absolute Gasteiger partial charge is 0.428 e. The minimum absolute atomic E-state index is 0.146. The SMILES string of the molecule is Cn1nc(C(F)(F)Oc2ccccc2)c2c1CCCC2. The van der Waals surface area contributed by atoms with E-state index in [4.69, 9.17) is 4.74 Å². The molecule has 2 aromatic rings. The van der Waals surface area contributed by atoms with Gasteiger partial charge in [0.25, 0.3) is 0 Å². The Morgan fingerprint density at radius 3 is 2.60 bits per heavy atom. The molecule has 3 rings (SSSR count). The van der Waals surface area contributed by atoms with Crippen molar-refractivity contribution in [2.75, 3.05) is 0 Å². The summed E-state index contributed by atoms with van der Waals surface area (Å²) in [6.45, 7) is 0. The van der Waals surface area contributed by atoms with Crippen molar-refractivity contribution in [3.8, 4) is 5.75 Å². The summed E-state index contributed by atoms with van der Waals surface area (Å²) in [5.41, 5.74) is 1.32. The highest BCUT2D eigenvalue weighted by atomic mass is 19.3. The van der Waals surface area contributed by atoms with Crippen LogP contribution >= 0.6 is 0 Å². The van der Waals surface area contributed by atoms with Gasteiger partial charge in [-0.3, -0.25) is 4.68 Å². The van der Waals surface area contributed by atoms with Crippen LogP contribution in [0, 0.1) is 0 Å². The predicted octanol–water partition coefficient (Wildman–Crippen LogP) is 3.43. The van der Waals surface area contributed by atoms with Crippen molar-refractivity contribution in [3.63, 3.8) is 0 Å². The Morgan fingerprint density at radius 2 is 1.85 bits per heavy atom. The molecule has 0 bridgehead atoms. The minimum atomic E-state index is -3.40. The zero-order chi connectivity index (χ0) is 14.2. The van der Waals surface area contributed by atoms with Gasteiger partial charge in [0.05, 0.1) is 0 Å². The molecule has 20 heavy (non-hydrogen) atoms. The monoisotopic (exact) mass is 278 g/mol. The maximum atomic E-state index is 14.3. The summed E-state index contributed by atoms with van der Waals surface area (Å²) in [6.07, 6.45) is 0.000725. The van der Waals surface area contributed by atoms with Gasteiger partial charge in [0, 0.05) is 18.3 Å². The summed E-state index contributed by atoms with van der Waals surface area (Å²) in [6, 6.07) is 8.12. The molecule has 0 saturated heterocycles. The van der Waals surface area contributed by atoms with E-state index in [1.54, 1.807) is 29.9 Å². The Hall–Kier alpha value is -1.91. The van der Waals surface area contributed by atoms with E-state index in [2.05, 4.69) is 5.10 Å². The highest BCUT2D eigenvalue weighted by molar-refractivity contribution is 5.32. The van der Waals surface area contributed by atoms with Gasteiger partial charge < -0.3 is 4.74 Å². The summed E-state index contributed by atoms with van der Waals surface area (Å²) < 4.78 is 35.1. The molecule has 1 aromatic heterocycles. The highest BCUT2D eigenvalue weighted by Gasteiger charge is 2.42. The van der Waals surface area contributed by atoms with Crippen molar-refractivity contribution >= 4 is 0 Å². The second kappa shape index (κ2) is 4.89. The van der Waals surface area contributed by atoms with Crippen LogP contribution in [0.2, 0.25) is 0 Å². The first kappa shape index (κ1) is 13.1. The number of para-hydroxylation sites is 1. The lowest BCUT2D eigenvalue weighted by atomic mass is 9.95. The maximum Gasteiger partial charge on any atom is 0.446 e. The Morgan fingerprint density at radius 1 is 1.15 bits per heavy atom. The van der Waals surface area contributed by atoms with E-state index in [1.807, 2.05) is 0 Å². The normalized spacial score (nSPS) is 14.9. The molecule has 3 nitrogen and oxygen atoms in total. The molecule has 1 aliphatic rings. The third kappa shape index (κ3) is 2.28. The Labute approximate surface area is 116 Å². The molecular formula is C15H16F2N2O. The molecule has 106 valence electrons. The fourth-order valence-electron chi connectivity index (χ4n) is 2.69. The molecule has 1 heterocycles. The molecule has 1 aromatic carbocycles. The third-order valence-electron chi connectivity index (χ3n) is 3.63. The van der Waals surface area contributed by atoms with Gasteiger partial charge in [0.15, 0.2) is 5.69 Å². The molecule has 0 amide bonds. The Balaban J connectivity index is 1.95. The number of ether oxygens (including phenoxy) is 1. The quantitative estimate of drug-likeness (QED) is 0.860. The van der Waals surface area contributed by atoms with Gasteiger partial charge in [-0.1, -0.05) is 18.2 Å². The molecule has 0 N–H and O–H groups in total. The fourth-order valence-corrected chi connectivity index (χ4v) is 2.69. The number of aromatic nitrogens is 2. The van der Waals surface area contributed by atoms with Gasteiger partial charge in [-0.05, 0) is 37.8 Å². The molecule has 0 aliphatic heterocycles. The van der Waals surface area contributed by atoms with Gasteiger partial charge >= 0.3 is 6.11 Å². The van der Waals surface area contributed by atoms with E-state index in [9.17, 15) is 8.78 Å². The standard InChI is InChI=1S/C15H16F2N2O/c1-19-13-10-6-5-9-12(13)14(18-19)15(16,17)20-11-7-3-2-4-8-11/h2-4,7-8H,5-6,9-10H2,1H3. The van der Waals surface area contributed by atoms with Crippen LogP contribution in [0.1, 0.15) is 29.8 Å². The summed E-state index contributed by atoms with van der Waals surface area (Å²) in [5, 5.41) is 4.00. The van der Waals surface area contributed by atoms with E-state index in [0.717, 1.165) is 25.0 Å². The molecule has 0 unspecified atom stereocenters. The van der Waals surface area contributed by atoms with Crippen LogP contribution in [0.15, 0.2) is 30.3 Å². The zero-order valence-electron chi connectivity index (χ0n) is 11.3. The third-order valence-corrected chi connectivity index (χ3v) is 3.63. The second-order valence-corrected chi connectivity index (χ2v) is 5.04. The summed E-state index contributed by atoms with van der Waals surface area (Å²) in [4.78, 5) is 0. The largest absolute Gasteiger partial charge is 0.446 e. The van der Waals surface area contributed by atoms with Crippen LogP contribution < -0.4 is 4.74 Å². The van der Waals surface area contributed by atoms with Crippen molar-refractivity contribution in [1.29, 1.82) is 0 Å². The number of benzene rings is 1. The summed E-state index contributed by atoms with van der Waals surface area (Å²) >= 11 is 0. The number of hydrogen-bond acceptors (Lipinski definition) is 2. The number of nitrogens with zero attached hydrogens (tertiary/aromatic N) is 2. The molecule has 0 atom stereocenters.